The Kier molecular flexibility index (Phi) is 5.59. The Morgan fingerprint density at radius 1 is 0.969 bits per heavy atom. The van der Waals surface area contributed by atoms with E-state index in [1.165, 1.54) is 12.1 Å². The molecular formula is C24H22ClFN6. The van der Waals surface area contributed by atoms with Crippen LogP contribution in [-0.4, -0.2) is 53.1 Å². The Bertz CT molecular complexity index is 1270. The van der Waals surface area contributed by atoms with Gasteiger partial charge < -0.3 is 15.1 Å². The predicted molar refractivity (Wildman–Crippen MR) is 127 cm³/mol. The molecule has 3 aromatic heterocycles. The van der Waals surface area contributed by atoms with Crippen molar-refractivity contribution in [1.82, 2.24) is 19.9 Å². The SMILES string of the molecule is CN1CCN(c2cc(Nc3cc(-c4cc(Cl)ccc4F)nc4ncccc34)ccn2)CC1. The zero-order chi connectivity index (χ0) is 22.1. The van der Waals surface area contributed by atoms with E-state index >= 15 is 0 Å². The van der Waals surface area contributed by atoms with E-state index in [0.29, 0.717) is 21.9 Å². The van der Waals surface area contributed by atoms with Gasteiger partial charge in [0.15, 0.2) is 5.65 Å². The molecule has 0 atom stereocenters. The van der Waals surface area contributed by atoms with Crippen molar-refractivity contribution in [1.29, 1.82) is 0 Å². The molecule has 0 amide bonds. The van der Waals surface area contributed by atoms with E-state index in [0.717, 1.165) is 48.8 Å². The molecule has 4 heterocycles. The molecule has 1 N–H and O–H groups in total. The van der Waals surface area contributed by atoms with Crippen molar-refractivity contribution in [2.45, 2.75) is 0 Å². The summed E-state index contributed by atoms with van der Waals surface area (Å²) in [7, 11) is 2.13. The zero-order valence-electron chi connectivity index (χ0n) is 17.6. The molecular weight excluding hydrogens is 427 g/mol. The number of pyridine rings is 3. The van der Waals surface area contributed by atoms with Gasteiger partial charge in [0.1, 0.15) is 11.6 Å². The number of aromatic nitrogens is 3. The van der Waals surface area contributed by atoms with Crippen LogP contribution >= 0.6 is 11.6 Å². The Morgan fingerprint density at radius 3 is 2.66 bits per heavy atom. The molecule has 0 spiro atoms. The fourth-order valence-electron chi connectivity index (χ4n) is 3.85. The summed E-state index contributed by atoms with van der Waals surface area (Å²) < 4.78 is 14.5. The molecule has 4 aromatic rings. The number of piperazine rings is 1. The lowest BCUT2D eigenvalue weighted by Gasteiger charge is -2.33. The molecule has 162 valence electrons. The van der Waals surface area contributed by atoms with Gasteiger partial charge >= 0.3 is 0 Å². The maximum Gasteiger partial charge on any atom is 0.161 e. The van der Waals surface area contributed by atoms with Gasteiger partial charge in [-0.25, -0.2) is 19.3 Å². The molecule has 0 aliphatic carbocycles. The van der Waals surface area contributed by atoms with E-state index in [-0.39, 0.29) is 5.82 Å². The van der Waals surface area contributed by atoms with Gasteiger partial charge in [-0.2, -0.15) is 0 Å². The smallest absolute Gasteiger partial charge is 0.161 e. The second-order valence-corrected chi connectivity index (χ2v) is 8.31. The summed E-state index contributed by atoms with van der Waals surface area (Å²) in [6, 6.07) is 14.0. The number of nitrogens with zero attached hydrogens (tertiary/aromatic N) is 5. The fraction of sp³-hybridized carbons (Fsp3) is 0.208. The average molecular weight is 449 g/mol. The van der Waals surface area contributed by atoms with Gasteiger partial charge in [0.2, 0.25) is 0 Å². The molecule has 1 aliphatic rings. The maximum atomic E-state index is 14.5. The third-order valence-electron chi connectivity index (χ3n) is 5.64. The highest BCUT2D eigenvalue weighted by Gasteiger charge is 2.16. The van der Waals surface area contributed by atoms with Crippen LogP contribution in [0.2, 0.25) is 5.02 Å². The third kappa shape index (κ3) is 4.22. The minimum absolute atomic E-state index is 0.334. The number of halogens is 2. The van der Waals surface area contributed by atoms with E-state index in [1.807, 2.05) is 30.3 Å². The molecule has 1 aromatic carbocycles. The molecule has 0 saturated carbocycles. The van der Waals surface area contributed by atoms with Crippen LogP contribution in [0.1, 0.15) is 0 Å². The van der Waals surface area contributed by atoms with E-state index in [2.05, 4.69) is 37.1 Å². The Morgan fingerprint density at radius 2 is 1.81 bits per heavy atom. The van der Waals surface area contributed by atoms with Crippen LogP contribution in [0.25, 0.3) is 22.3 Å². The summed E-state index contributed by atoms with van der Waals surface area (Å²) in [5.41, 5.74) is 3.00. The van der Waals surface area contributed by atoms with Gasteiger partial charge in [0.25, 0.3) is 0 Å². The quantitative estimate of drug-likeness (QED) is 0.475. The largest absolute Gasteiger partial charge is 0.355 e. The molecule has 5 rings (SSSR count). The van der Waals surface area contributed by atoms with Gasteiger partial charge in [-0.3, -0.25) is 0 Å². The highest BCUT2D eigenvalue weighted by molar-refractivity contribution is 6.30. The molecule has 32 heavy (non-hydrogen) atoms. The summed E-state index contributed by atoms with van der Waals surface area (Å²) in [4.78, 5) is 18.1. The Labute approximate surface area is 190 Å². The highest BCUT2D eigenvalue weighted by atomic mass is 35.5. The monoisotopic (exact) mass is 448 g/mol. The number of fused-ring (bicyclic) bond motifs is 1. The van der Waals surface area contributed by atoms with Crippen molar-refractivity contribution in [2.75, 3.05) is 43.4 Å². The van der Waals surface area contributed by atoms with Crippen LogP contribution in [0.3, 0.4) is 0 Å². The summed E-state index contributed by atoms with van der Waals surface area (Å²) in [5.74, 6) is 0.546. The van der Waals surface area contributed by atoms with Crippen LogP contribution in [0.4, 0.5) is 21.6 Å². The number of anilines is 3. The molecule has 1 aliphatic heterocycles. The summed E-state index contributed by atoms with van der Waals surface area (Å²) in [6.45, 7) is 3.89. The number of benzene rings is 1. The second kappa shape index (κ2) is 8.68. The van der Waals surface area contributed by atoms with Gasteiger partial charge in [-0.05, 0) is 49.5 Å². The zero-order valence-corrected chi connectivity index (χ0v) is 18.3. The lowest BCUT2D eigenvalue weighted by atomic mass is 10.1. The fourth-order valence-corrected chi connectivity index (χ4v) is 4.02. The first-order valence-electron chi connectivity index (χ1n) is 10.4. The third-order valence-corrected chi connectivity index (χ3v) is 5.88. The number of nitrogens with one attached hydrogen (secondary N) is 1. The molecule has 0 bridgehead atoms. The molecule has 0 unspecified atom stereocenters. The van der Waals surface area contributed by atoms with Crippen molar-refractivity contribution in [3.8, 4) is 11.3 Å². The predicted octanol–water partition coefficient (Wildman–Crippen LogP) is 4.98. The van der Waals surface area contributed by atoms with E-state index in [1.54, 1.807) is 18.5 Å². The van der Waals surface area contributed by atoms with E-state index in [9.17, 15) is 4.39 Å². The van der Waals surface area contributed by atoms with Crippen LogP contribution < -0.4 is 10.2 Å². The van der Waals surface area contributed by atoms with Crippen molar-refractivity contribution in [3.05, 3.63) is 71.8 Å². The van der Waals surface area contributed by atoms with Crippen molar-refractivity contribution in [2.24, 2.45) is 0 Å². The van der Waals surface area contributed by atoms with Crippen LogP contribution in [0.5, 0.6) is 0 Å². The molecule has 1 fully saturated rings. The second-order valence-electron chi connectivity index (χ2n) is 7.87. The van der Waals surface area contributed by atoms with Gasteiger partial charge in [0.05, 0.1) is 11.4 Å². The molecule has 8 heteroatoms. The first-order chi connectivity index (χ1) is 15.6. The Hall–Kier alpha value is -3.29. The van der Waals surface area contributed by atoms with Gasteiger partial charge in [0, 0.05) is 66.3 Å². The lowest BCUT2D eigenvalue weighted by molar-refractivity contribution is 0.312. The number of rotatable bonds is 4. The van der Waals surface area contributed by atoms with Crippen molar-refractivity contribution in [3.63, 3.8) is 0 Å². The summed E-state index contributed by atoms with van der Waals surface area (Å²) in [5, 5.41) is 4.76. The minimum Gasteiger partial charge on any atom is -0.355 e. The van der Waals surface area contributed by atoms with Gasteiger partial charge in [-0.15, -0.1) is 0 Å². The molecule has 0 radical (unpaired) electrons. The van der Waals surface area contributed by atoms with Crippen molar-refractivity contribution < 1.29 is 4.39 Å². The lowest BCUT2D eigenvalue weighted by Crippen LogP contribution is -2.44. The number of hydrogen-bond acceptors (Lipinski definition) is 6. The van der Waals surface area contributed by atoms with Gasteiger partial charge in [-0.1, -0.05) is 11.6 Å². The first-order valence-corrected chi connectivity index (χ1v) is 10.8. The van der Waals surface area contributed by atoms with E-state index in [4.69, 9.17) is 11.6 Å². The van der Waals surface area contributed by atoms with Crippen LogP contribution in [0.15, 0.2) is 60.9 Å². The first kappa shape index (κ1) is 20.6. The highest BCUT2D eigenvalue weighted by Crippen LogP contribution is 2.32. The van der Waals surface area contributed by atoms with E-state index < -0.39 is 0 Å². The normalized spacial score (nSPS) is 14.7. The number of likely N-dealkylation sites (N-methyl/N-ethyl adjacent to an activating group) is 1. The topological polar surface area (TPSA) is 57.2 Å². The minimum atomic E-state index is -0.385. The summed E-state index contributed by atoms with van der Waals surface area (Å²) in [6.07, 6.45) is 3.48. The van der Waals surface area contributed by atoms with Crippen LogP contribution in [0, 0.1) is 5.82 Å². The molecule has 1 saturated heterocycles. The molecule has 6 nitrogen and oxygen atoms in total. The Balaban J connectivity index is 1.53. The van der Waals surface area contributed by atoms with Crippen molar-refractivity contribution >= 4 is 39.8 Å². The standard InChI is InChI=1S/C24H22ClFN6/c1-31-9-11-32(12-10-31)23-14-17(6-8-27-23)29-21-15-22(19-13-16(25)4-5-20(19)26)30-24-18(21)3-2-7-28-24/h2-8,13-15H,9-12H2,1H3,(H,27,28,29,30). The maximum absolute atomic E-state index is 14.5. The number of hydrogen-bond donors (Lipinski definition) is 1. The van der Waals surface area contributed by atoms with Crippen LogP contribution in [-0.2, 0) is 0 Å². The summed E-state index contributed by atoms with van der Waals surface area (Å²) >= 11 is 6.11. The average Bonchev–Trinajstić information content (AvgIpc) is 2.81.